The van der Waals surface area contributed by atoms with Crippen LogP contribution in [0.25, 0.3) is 32.6 Å². The summed E-state index contributed by atoms with van der Waals surface area (Å²) in [5, 5.41) is 8.79. The van der Waals surface area contributed by atoms with Crippen LogP contribution < -0.4 is 21.4 Å². The molecule has 0 aliphatic carbocycles. The molecule has 0 fully saturated rings. The first-order valence-electron chi connectivity index (χ1n) is 14.0. The van der Waals surface area contributed by atoms with Gasteiger partial charge in [-0.1, -0.05) is 13.0 Å². The quantitative estimate of drug-likeness (QED) is 0.102. The number of rotatable bonds is 12. The lowest BCUT2D eigenvalue weighted by Gasteiger charge is -2.15. The largest absolute Gasteiger partial charge is 0.469 e. The number of urea groups is 1. The zero-order valence-corrected chi connectivity index (χ0v) is 26.3. The van der Waals surface area contributed by atoms with Gasteiger partial charge in [0.2, 0.25) is 5.43 Å². The van der Waals surface area contributed by atoms with Gasteiger partial charge in [0.15, 0.2) is 5.69 Å². The van der Waals surface area contributed by atoms with E-state index < -0.39 is 37.1 Å². The number of alkyl halides is 3. The number of hydrogen-bond acceptors (Lipinski definition) is 8. The van der Waals surface area contributed by atoms with E-state index in [2.05, 4.69) is 30.4 Å². The predicted molar refractivity (Wildman–Crippen MR) is 165 cm³/mol. The first kappa shape index (κ1) is 34.7. The molecule has 0 bridgehead atoms. The van der Waals surface area contributed by atoms with E-state index >= 15 is 0 Å². The molecule has 0 aliphatic heterocycles. The molecule has 1 aromatic carbocycles. The van der Waals surface area contributed by atoms with Crippen LogP contribution in [0.3, 0.4) is 0 Å². The van der Waals surface area contributed by atoms with Gasteiger partial charge in [-0.15, -0.1) is 11.3 Å². The van der Waals surface area contributed by atoms with Gasteiger partial charge in [0.05, 0.1) is 12.1 Å². The minimum Gasteiger partial charge on any atom is -0.352 e. The number of aryl methyl sites for hydroxylation is 1. The van der Waals surface area contributed by atoms with Gasteiger partial charge in [0, 0.05) is 53.9 Å². The summed E-state index contributed by atoms with van der Waals surface area (Å²) in [6.07, 6.45) is -1.13. The van der Waals surface area contributed by atoms with Crippen molar-refractivity contribution in [1.29, 1.82) is 0 Å². The minimum absolute atomic E-state index is 0.00340. The number of halogens is 3. The molecule has 0 unspecified atom stereocenters. The molecule has 13 nitrogen and oxygen atoms in total. The molecule has 0 aliphatic rings. The lowest BCUT2D eigenvalue weighted by Crippen LogP contribution is -2.31. The van der Waals surface area contributed by atoms with E-state index in [1.807, 2.05) is 6.92 Å². The Morgan fingerprint density at radius 2 is 1.89 bits per heavy atom. The summed E-state index contributed by atoms with van der Waals surface area (Å²) in [4.78, 5) is 64.0. The third kappa shape index (κ3) is 8.55. The van der Waals surface area contributed by atoms with Gasteiger partial charge < -0.3 is 25.0 Å². The molecular weight excluding hydrogens is 652 g/mol. The number of benzene rings is 1. The Morgan fingerprint density at radius 1 is 1.13 bits per heavy atom. The van der Waals surface area contributed by atoms with Crippen LogP contribution in [0, 0.1) is 0 Å². The molecule has 4 aromatic rings. The monoisotopic (exact) mass is 682 g/mol. The van der Waals surface area contributed by atoms with E-state index in [9.17, 15) is 32.1 Å². The fourth-order valence-corrected chi connectivity index (χ4v) is 5.70. The summed E-state index contributed by atoms with van der Waals surface area (Å²) >= 11 is 0.776. The average molecular weight is 683 g/mol. The van der Waals surface area contributed by atoms with Gasteiger partial charge >= 0.3 is 20.0 Å². The molecular formula is C28H30F3N6O7PS. The number of nitrogens with one attached hydrogen (secondary N) is 3. The third-order valence-corrected chi connectivity index (χ3v) is 7.87. The molecule has 246 valence electrons. The maximum Gasteiger partial charge on any atom is 0.469 e. The van der Waals surface area contributed by atoms with Gasteiger partial charge in [-0.25, -0.2) is 19.3 Å². The van der Waals surface area contributed by atoms with Crippen LogP contribution in [0.4, 0.5) is 23.8 Å². The van der Waals surface area contributed by atoms with E-state index in [1.54, 1.807) is 23.6 Å². The maximum atomic E-state index is 13.4. The number of pyridine rings is 2. The summed E-state index contributed by atoms with van der Waals surface area (Å²) in [5.41, 5.74) is -0.158. The minimum atomic E-state index is -4.66. The molecule has 4 rings (SSSR count). The Kier molecular flexibility index (Phi) is 11.0. The second kappa shape index (κ2) is 14.5. The van der Waals surface area contributed by atoms with E-state index in [4.69, 9.17) is 9.79 Å². The highest BCUT2D eigenvalue weighted by Crippen LogP contribution is 2.39. The second-order valence-electron chi connectivity index (χ2n) is 9.87. The zero-order chi connectivity index (χ0) is 33.6. The Morgan fingerprint density at radius 3 is 2.54 bits per heavy atom. The number of phosphoric acid groups is 1. The predicted octanol–water partition coefficient (Wildman–Crippen LogP) is 4.99. The third-order valence-electron chi connectivity index (χ3n) is 6.48. The molecule has 3 heterocycles. The van der Waals surface area contributed by atoms with Crippen molar-refractivity contribution in [1.82, 2.24) is 25.2 Å². The number of fused-ring (bicyclic) bond motifs is 1. The summed E-state index contributed by atoms with van der Waals surface area (Å²) in [6, 6.07) is 5.63. The van der Waals surface area contributed by atoms with Crippen molar-refractivity contribution in [2.75, 3.05) is 25.0 Å². The number of thiazole rings is 1. The van der Waals surface area contributed by atoms with Crippen molar-refractivity contribution in [3.63, 3.8) is 0 Å². The molecule has 0 spiro atoms. The Bertz CT molecular complexity index is 1860. The zero-order valence-electron chi connectivity index (χ0n) is 24.6. The molecule has 0 saturated carbocycles. The first-order valence-corrected chi connectivity index (χ1v) is 16.4. The topological polar surface area (TPSA) is 185 Å². The van der Waals surface area contributed by atoms with Crippen molar-refractivity contribution in [3.05, 3.63) is 63.5 Å². The summed E-state index contributed by atoms with van der Waals surface area (Å²) in [5.74, 6) is -0.593. The van der Waals surface area contributed by atoms with E-state index in [0.717, 1.165) is 16.7 Å². The van der Waals surface area contributed by atoms with Gasteiger partial charge in [-0.05, 0) is 43.5 Å². The maximum absolute atomic E-state index is 13.4. The molecule has 18 heteroatoms. The Balaban J connectivity index is 1.75. The van der Waals surface area contributed by atoms with Crippen molar-refractivity contribution in [2.24, 2.45) is 0 Å². The number of carbonyl (C=O) groups excluding carboxylic acids is 2. The number of carbonyl (C=O) groups is 2. The molecule has 5 N–H and O–H groups in total. The SMILES string of the molecule is CCCn1cc(C(=O)NCCCOP(=O)(O)O)c(=O)c2ccc(-c3cnc(NC(=O)NCC)cc3-c3nc(C(F)(F)F)cs3)cc21. The van der Waals surface area contributed by atoms with E-state index in [0.29, 0.717) is 36.2 Å². The molecule has 46 heavy (non-hydrogen) atoms. The molecule has 0 atom stereocenters. The van der Waals surface area contributed by atoms with Crippen LogP contribution in [-0.4, -0.2) is 56.0 Å². The van der Waals surface area contributed by atoms with Crippen molar-refractivity contribution < 1.29 is 41.6 Å². The van der Waals surface area contributed by atoms with Gasteiger partial charge in [0.25, 0.3) is 5.91 Å². The number of hydrogen-bond donors (Lipinski definition) is 5. The molecule has 0 saturated heterocycles. The normalized spacial score (nSPS) is 11.9. The highest BCUT2D eigenvalue weighted by molar-refractivity contribution is 7.46. The highest BCUT2D eigenvalue weighted by atomic mass is 32.1. The molecule has 3 aromatic heterocycles. The van der Waals surface area contributed by atoms with Crippen molar-refractivity contribution >= 4 is 47.8 Å². The number of anilines is 1. The summed E-state index contributed by atoms with van der Waals surface area (Å²) in [6.45, 7) is 4.07. The summed E-state index contributed by atoms with van der Waals surface area (Å²) < 4.78 is 57.1. The fourth-order valence-electron chi connectivity index (χ4n) is 4.48. The van der Waals surface area contributed by atoms with Crippen LogP contribution >= 0.6 is 19.2 Å². The first-order chi connectivity index (χ1) is 21.7. The van der Waals surface area contributed by atoms with Crippen LogP contribution in [0.5, 0.6) is 0 Å². The second-order valence-corrected chi connectivity index (χ2v) is 12.0. The Hall–Kier alpha value is -4.15. The van der Waals surface area contributed by atoms with Crippen LogP contribution in [0.2, 0.25) is 0 Å². The van der Waals surface area contributed by atoms with Gasteiger partial charge in [0.1, 0.15) is 16.4 Å². The smallest absolute Gasteiger partial charge is 0.352 e. The molecule has 0 radical (unpaired) electrons. The standard InChI is InChI=1S/C28H30F3N6O7PS/c1-3-9-37-14-20(25(39)33-8-5-10-44-45(41,42)43)24(38)17-7-6-16(11-21(17)37)19-13-34-23(36-27(40)32-4-2)12-18(19)26-35-22(15-46-26)28(29,30)31/h6-7,11-15H,3-5,8-10H2,1-2H3,(H,33,39)(H2,41,42,43)(H2,32,34,36,40). The average Bonchev–Trinajstić information content (AvgIpc) is 3.49. The van der Waals surface area contributed by atoms with Crippen molar-refractivity contribution in [3.8, 4) is 21.7 Å². The highest BCUT2D eigenvalue weighted by Gasteiger charge is 2.34. The number of aromatic nitrogens is 3. The summed E-state index contributed by atoms with van der Waals surface area (Å²) in [7, 11) is -4.64. The Labute approximate surface area is 264 Å². The van der Waals surface area contributed by atoms with Gasteiger partial charge in [-0.3, -0.25) is 19.4 Å². The van der Waals surface area contributed by atoms with Crippen LogP contribution in [-0.2, 0) is 21.8 Å². The van der Waals surface area contributed by atoms with Gasteiger partial charge in [-0.2, -0.15) is 13.2 Å². The van der Waals surface area contributed by atoms with Crippen LogP contribution in [0.15, 0.2) is 46.8 Å². The lowest BCUT2D eigenvalue weighted by atomic mass is 9.99. The van der Waals surface area contributed by atoms with E-state index in [-0.39, 0.29) is 46.9 Å². The number of phosphoric ester groups is 1. The number of nitrogens with zero attached hydrogens (tertiary/aromatic N) is 3. The lowest BCUT2D eigenvalue weighted by molar-refractivity contribution is -0.140. The number of amides is 3. The van der Waals surface area contributed by atoms with E-state index in [1.165, 1.54) is 24.5 Å². The fraction of sp³-hybridized carbons (Fsp3) is 0.321. The molecule has 3 amide bonds. The van der Waals surface area contributed by atoms with Crippen LogP contribution in [0.1, 0.15) is 42.7 Å². The van der Waals surface area contributed by atoms with Crippen molar-refractivity contribution in [2.45, 2.75) is 39.4 Å².